The van der Waals surface area contributed by atoms with Crippen LogP contribution in [0, 0.1) is 5.41 Å². The van der Waals surface area contributed by atoms with Gasteiger partial charge >= 0.3 is 0 Å². The summed E-state index contributed by atoms with van der Waals surface area (Å²) in [5.41, 5.74) is 1.33. The molecule has 1 fully saturated rings. The number of carbonyl (C=O) groups excluding carboxylic acids is 2. The lowest BCUT2D eigenvalue weighted by molar-refractivity contribution is -0.137. The molecular weight excluding hydrogens is 340 g/mol. The fourth-order valence-electron chi connectivity index (χ4n) is 3.21. The van der Waals surface area contributed by atoms with Gasteiger partial charge in [0.2, 0.25) is 11.8 Å². The molecule has 0 unspecified atom stereocenters. The van der Waals surface area contributed by atoms with Crippen molar-refractivity contribution in [3.05, 3.63) is 65.7 Å². The molecule has 3 rings (SSSR count). The summed E-state index contributed by atoms with van der Waals surface area (Å²) >= 11 is 0. The van der Waals surface area contributed by atoms with Crippen molar-refractivity contribution in [3.8, 4) is 5.75 Å². The summed E-state index contributed by atoms with van der Waals surface area (Å²) in [5, 5.41) is 5.84. The molecule has 0 bridgehead atoms. The molecule has 2 aromatic rings. The summed E-state index contributed by atoms with van der Waals surface area (Å²) in [7, 11) is 1.64. The number of hydrogen-bond acceptors (Lipinski definition) is 3. The molecule has 0 aliphatic heterocycles. The zero-order chi connectivity index (χ0) is 19.1. The molecule has 0 radical (unpaired) electrons. The van der Waals surface area contributed by atoms with Crippen LogP contribution in [0.1, 0.15) is 24.0 Å². The lowest BCUT2D eigenvalue weighted by Gasteiger charge is -2.16. The van der Waals surface area contributed by atoms with Gasteiger partial charge in [-0.25, -0.2) is 0 Å². The first-order valence-corrected chi connectivity index (χ1v) is 9.38. The van der Waals surface area contributed by atoms with Crippen LogP contribution in [0.25, 0.3) is 0 Å². The van der Waals surface area contributed by atoms with E-state index in [2.05, 4.69) is 10.6 Å². The second-order valence-corrected chi connectivity index (χ2v) is 6.89. The minimum absolute atomic E-state index is 0.159. The molecule has 0 saturated heterocycles. The Hall–Kier alpha value is -2.82. The number of methoxy groups -OCH3 is 1. The number of rotatable bonds is 9. The van der Waals surface area contributed by atoms with Gasteiger partial charge in [-0.05, 0) is 42.9 Å². The Bertz CT molecular complexity index is 785. The van der Waals surface area contributed by atoms with Crippen molar-refractivity contribution in [2.45, 2.75) is 25.7 Å². The van der Waals surface area contributed by atoms with E-state index in [0.717, 1.165) is 17.7 Å². The molecule has 2 aromatic carbocycles. The van der Waals surface area contributed by atoms with Gasteiger partial charge in [-0.1, -0.05) is 48.5 Å². The number of para-hydroxylation sites is 1. The van der Waals surface area contributed by atoms with E-state index in [9.17, 15) is 9.59 Å². The normalized spacial score (nSPS) is 14.3. The smallest absolute Gasteiger partial charge is 0.235 e. The van der Waals surface area contributed by atoms with Crippen LogP contribution in [0.2, 0.25) is 0 Å². The summed E-state index contributed by atoms with van der Waals surface area (Å²) in [6.45, 7) is 1.03. The molecule has 2 N–H and O–H groups in total. The molecule has 1 aliphatic rings. The zero-order valence-electron chi connectivity index (χ0n) is 15.7. The second-order valence-electron chi connectivity index (χ2n) is 6.89. The van der Waals surface area contributed by atoms with Gasteiger partial charge in [0.15, 0.2) is 0 Å². The number of hydrogen-bond donors (Lipinski definition) is 2. The Labute approximate surface area is 160 Å². The second kappa shape index (κ2) is 8.71. The van der Waals surface area contributed by atoms with Crippen molar-refractivity contribution >= 4 is 11.8 Å². The summed E-state index contributed by atoms with van der Waals surface area (Å²) < 4.78 is 5.32. The van der Waals surface area contributed by atoms with Crippen LogP contribution < -0.4 is 15.4 Å². The van der Waals surface area contributed by atoms with Crippen molar-refractivity contribution in [1.82, 2.24) is 10.6 Å². The van der Waals surface area contributed by atoms with Crippen molar-refractivity contribution < 1.29 is 14.3 Å². The SMILES string of the molecule is COc1ccccc1CCNC(=O)C1(C(=O)NCCc2ccccc2)CC1. The lowest BCUT2D eigenvalue weighted by Crippen LogP contribution is -2.44. The van der Waals surface area contributed by atoms with Crippen LogP contribution in [0.3, 0.4) is 0 Å². The lowest BCUT2D eigenvalue weighted by atomic mass is 10.0. The largest absolute Gasteiger partial charge is 0.496 e. The van der Waals surface area contributed by atoms with Crippen LogP contribution in [0.15, 0.2) is 54.6 Å². The molecule has 0 heterocycles. The third-order valence-electron chi connectivity index (χ3n) is 5.03. The summed E-state index contributed by atoms with van der Waals surface area (Å²) in [5.74, 6) is 0.481. The first-order valence-electron chi connectivity index (χ1n) is 9.38. The number of nitrogens with one attached hydrogen (secondary N) is 2. The molecular formula is C22H26N2O3. The van der Waals surface area contributed by atoms with Crippen LogP contribution >= 0.6 is 0 Å². The van der Waals surface area contributed by atoms with Gasteiger partial charge in [-0.15, -0.1) is 0 Å². The number of benzene rings is 2. The Morgan fingerprint density at radius 1 is 0.889 bits per heavy atom. The summed E-state index contributed by atoms with van der Waals surface area (Å²) in [4.78, 5) is 25.0. The van der Waals surface area contributed by atoms with E-state index in [1.54, 1.807) is 7.11 Å². The van der Waals surface area contributed by atoms with Gasteiger partial charge in [-0.3, -0.25) is 9.59 Å². The summed E-state index contributed by atoms with van der Waals surface area (Å²) in [6, 6.07) is 17.7. The van der Waals surface area contributed by atoms with E-state index < -0.39 is 5.41 Å². The molecule has 0 spiro atoms. The first kappa shape index (κ1) is 19.0. The summed E-state index contributed by atoms with van der Waals surface area (Å²) in [6.07, 6.45) is 2.66. The molecule has 5 heteroatoms. The third-order valence-corrected chi connectivity index (χ3v) is 5.03. The number of ether oxygens (including phenoxy) is 1. The van der Waals surface area contributed by atoms with Crippen LogP contribution in [-0.4, -0.2) is 32.0 Å². The maximum absolute atomic E-state index is 12.5. The van der Waals surface area contributed by atoms with Crippen molar-refractivity contribution in [2.24, 2.45) is 5.41 Å². The Balaban J connectivity index is 1.45. The third kappa shape index (κ3) is 4.67. The van der Waals surface area contributed by atoms with E-state index in [-0.39, 0.29) is 11.8 Å². The van der Waals surface area contributed by atoms with E-state index >= 15 is 0 Å². The van der Waals surface area contributed by atoms with Crippen LogP contribution in [0.5, 0.6) is 5.75 Å². The maximum Gasteiger partial charge on any atom is 0.235 e. The van der Waals surface area contributed by atoms with Gasteiger partial charge in [0.1, 0.15) is 11.2 Å². The molecule has 0 atom stereocenters. The minimum Gasteiger partial charge on any atom is -0.496 e. The van der Waals surface area contributed by atoms with Crippen molar-refractivity contribution in [1.29, 1.82) is 0 Å². The van der Waals surface area contributed by atoms with Gasteiger partial charge < -0.3 is 15.4 Å². The molecule has 5 nitrogen and oxygen atoms in total. The van der Waals surface area contributed by atoms with Crippen molar-refractivity contribution in [3.63, 3.8) is 0 Å². The van der Waals surface area contributed by atoms with E-state index in [4.69, 9.17) is 4.74 Å². The fourth-order valence-corrected chi connectivity index (χ4v) is 3.21. The van der Waals surface area contributed by atoms with Crippen LogP contribution in [-0.2, 0) is 22.4 Å². The topological polar surface area (TPSA) is 67.4 Å². The van der Waals surface area contributed by atoms with Gasteiger partial charge in [-0.2, -0.15) is 0 Å². The van der Waals surface area contributed by atoms with Gasteiger partial charge in [0, 0.05) is 13.1 Å². The van der Waals surface area contributed by atoms with Crippen molar-refractivity contribution in [2.75, 3.05) is 20.2 Å². The zero-order valence-corrected chi connectivity index (χ0v) is 15.7. The standard InChI is InChI=1S/C22H26N2O3/c1-27-19-10-6-5-9-18(19)12-16-24-21(26)22(13-14-22)20(25)23-15-11-17-7-3-2-4-8-17/h2-10H,11-16H2,1H3,(H,23,25)(H,24,26). The Kier molecular flexibility index (Phi) is 6.12. The van der Waals surface area contributed by atoms with E-state index in [1.165, 1.54) is 5.56 Å². The highest BCUT2D eigenvalue weighted by molar-refractivity contribution is 6.07. The average Bonchev–Trinajstić information content (AvgIpc) is 3.51. The molecule has 0 aromatic heterocycles. The highest BCUT2D eigenvalue weighted by Gasteiger charge is 2.56. The molecule has 2 amide bonds. The van der Waals surface area contributed by atoms with E-state index in [0.29, 0.717) is 32.4 Å². The Morgan fingerprint density at radius 3 is 2.11 bits per heavy atom. The predicted octanol–water partition coefficient (Wildman–Crippen LogP) is 2.49. The highest BCUT2D eigenvalue weighted by atomic mass is 16.5. The molecule has 1 aliphatic carbocycles. The quantitative estimate of drug-likeness (QED) is 0.670. The van der Waals surface area contributed by atoms with E-state index in [1.807, 2.05) is 54.6 Å². The average molecular weight is 366 g/mol. The van der Waals surface area contributed by atoms with Gasteiger partial charge in [0.05, 0.1) is 7.11 Å². The van der Waals surface area contributed by atoms with Crippen LogP contribution in [0.4, 0.5) is 0 Å². The molecule has 1 saturated carbocycles. The first-order chi connectivity index (χ1) is 13.2. The minimum atomic E-state index is -0.878. The highest BCUT2D eigenvalue weighted by Crippen LogP contribution is 2.46. The van der Waals surface area contributed by atoms with Gasteiger partial charge in [0.25, 0.3) is 0 Å². The number of amides is 2. The fraction of sp³-hybridized carbons (Fsp3) is 0.364. The predicted molar refractivity (Wildman–Crippen MR) is 105 cm³/mol. The molecule has 142 valence electrons. The monoisotopic (exact) mass is 366 g/mol. The molecule has 27 heavy (non-hydrogen) atoms. The number of carbonyl (C=O) groups is 2. The maximum atomic E-state index is 12.5. The Morgan fingerprint density at radius 2 is 1.48 bits per heavy atom.